The third-order valence-corrected chi connectivity index (χ3v) is 4.18. The Hall–Kier alpha value is -2.69. The molecule has 0 spiro atoms. The number of hydrogen-bond acceptors (Lipinski definition) is 2. The van der Waals surface area contributed by atoms with Crippen LogP contribution in [0.25, 0.3) is 0 Å². The van der Waals surface area contributed by atoms with Gasteiger partial charge in [0.1, 0.15) is 11.9 Å². The fourth-order valence-electron chi connectivity index (χ4n) is 2.64. The highest BCUT2D eigenvalue weighted by molar-refractivity contribution is 5.88. The second-order valence-corrected chi connectivity index (χ2v) is 6.28. The first-order valence-corrected chi connectivity index (χ1v) is 8.86. The highest BCUT2D eigenvalue weighted by atomic mass is 19.1. The molecule has 0 saturated heterocycles. The number of halogens is 1. The van der Waals surface area contributed by atoms with Crippen LogP contribution in [0.15, 0.2) is 54.6 Å². The lowest BCUT2D eigenvalue weighted by Gasteiger charge is -2.29. The second kappa shape index (κ2) is 9.70. The SMILES string of the molecule is CCCNC(=O)C(C)N(Cc1ccccc1)C(=O)Cc1ccc(F)cc1. The summed E-state index contributed by atoms with van der Waals surface area (Å²) in [6, 6.07) is 14.8. The molecule has 0 heterocycles. The third-order valence-electron chi connectivity index (χ3n) is 4.18. The van der Waals surface area contributed by atoms with Crippen molar-refractivity contribution in [3.8, 4) is 0 Å². The van der Waals surface area contributed by atoms with E-state index in [1.807, 2.05) is 37.3 Å². The monoisotopic (exact) mass is 356 g/mol. The number of nitrogens with one attached hydrogen (secondary N) is 1. The Balaban J connectivity index is 2.16. The van der Waals surface area contributed by atoms with Crippen molar-refractivity contribution in [2.24, 2.45) is 0 Å². The van der Waals surface area contributed by atoms with Gasteiger partial charge in [-0.2, -0.15) is 0 Å². The van der Waals surface area contributed by atoms with E-state index in [0.29, 0.717) is 13.1 Å². The summed E-state index contributed by atoms with van der Waals surface area (Å²) in [5.41, 5.74) is 1.67. The van der Waals surface area contributed by atoms with Gasteiger partial charge >= 0.3 is 0 Å². The van der Waals surface area contributed by atoms with E-state index in [2.05, 4.69) is 5.32 Å². The van der Waals surface area contributed by atoms with Crippen LogP contribution in [0, 0.1) is 5.82 Å². The summed E-state index contributed by atoms with van der Waals surface area (Å²) >= 11 is 0. The first kappa shape index (κ1) is 19.6. The van der Waals surface area contributed by atoms with Gasteiger partial charge in [-0.05, 0) is 36.6 Å². The molecule has 0 bridgehead atoms. The molecule has 5 heteroatoms. The van der Waals surface area contributed by atoms with Crippen molar-refractivity contribution in [2.45, 2.75) is 39.3 Å². The van der Waals surface area contributed by atoms with Gasteiger partial charge in [-0.25, -0.2) is 4.39 Å². The van der Waals surface area contributed by atoms with Gasteiger partial charge in [0.2, 0.25) is 11.8 Å². The lowest BCUT2D eigenvalue weighted by molar-refractivity contribution is -0.140. The maximum absolute atomic E-state index is 13.1. The number of carbonyl (C=O) groups is 2. The summed E-state index contributed by atoms with van der Waals surface area (Å²) in [5, 5.41) is 2.84. The van der Waals surface area contributed by atoms with Crippen LogP contribution in [0.5, 0.6) is 0 Å². The van der Waals surface area contributed by atoms with Crippen LogP contribution in [0.2, 0.25) is 0 Å². The van der Waals surface area contributed by atoms with Crippen LogP contribution in [-0.2, 0) is 22.6 Å². The van der Waals surface area contributed by atoms with E-state index in [-0.39, 0.29) is 24.1 Å². The maximum atomic E-state index is 13.1. The molecule has 2 aromatic rings. The summed E-state index contributed by atoms with van der Waals surface area (Å²) in [6.45, 7) is 4.64. The predicted octanol–water partition coefficient (Wildman–Crippen LogP) is 3.31. The highest BCUT2D eigenvalue weighted by Gasteiger charge is 2.25. The predicted molar refractivity (Wildman–Crippen MR) is 99.9 cm³/mol. The van der Waals surface area contributed by atoms with E-state index >= 15 is 0 Å². The average molecular weight is 356 g/mol. The van der Waals surface area contributed by atoms with Crippen molar-refractivity contribution in [3.05, 3.63) is 71.5 Å². The largest absolute Gasteiger partial charge is 0.354 e. The van der Waals surface area contributed by atoms with Crippen LogP contribution in [0.4, 0.5) is 4.39 Å². The molecule has 0 fully saturated rings. The Morgan fingerprint density at radius 1 is 1.04 bits per heavy atom. The number of hydrogen-bond donors (Lipinski definition) is 1. The minimum absolute atomic E-state index is 0.124. The maximum Gasteiger partial charge on any atom is 0.242 e. The molecule has 2 aromatic carbocycles. The third kappa shape index (κ3) is 5.69. The lowest BCUT2D eigenvalue weighted by atomic mass is 10.1. The van der Waals surface area contributed by atoms with Crippen LogP contribution < -0.4 is 5.32 Å². The van der Waals surface area contributed by atoms with Gasteiger partial charge in [-0.1, -0.05) is 49.4 Å². The molecular weight excluding hydrogens is 331 g/mol. The molecule has 0 saturated carbocycles. The molecule has 0 aromatic heterocycles. The van der Waals surface area contributed by atoms with Crippen LogP contribution in [0.3, 0.4) is 0 Å². The lowest BCUT2D eigenvalue weighted by Crippen LogP contribution is -2.48. The molecule has 26 heavy (non-hydrogen) atoms. The molecule has 4 nitrogen and oxygen atoms in total. The molecule has 2 rings (SSSR count). The van der Waals surface area contributed by atoms with Crippen LogP contribution in [-0.4, -0.2) is 29.3 Å². The van der Waals surface area contributed by atoms with Gasteiger partial charge in [-0.15, -0.1) is 0 Å². The molecule has 1 N–H and O–H groups in total. The van der Waals surface area contributed by atoms with E-state index < -0.39 is 6.04 Å². The summed E-state index contributed by atoms with van der Waals surface area (Å²) < 4.78 is 13.1. The van der Waals surface area contributed by atoms with Crippen molar-refractivity contribution < 1.29 is 14.0 Å². The van der Waals surface area contributed by atoms with Crippen molar-refractivity contribution in [2.75, 3.05) is 6.54 Å². The first-order valence-electron chi connectivity index (χ1n) is 8.86. The van der Waals surface area contributed by atoms with Gasteiger partial charge in [-0.3, -0.25) is 9.59 Å². The zero-order chi connectivity index (χ0) is 18.9. The number of benzene rings is 2. The minimum atomic E-state index is -0.588. The summed E-state index contributed by atoms with van der Waals surface area (Å²) in [6.07, 6.45) is 0.958. The molecule has 0 aliphatic heterocycles. The fourth-order valence-corrected chi connectivity index (χ4v) is 2.64. The summed E-state index contributed by atoms with van der Waals surface area (Å²) in [5.74, 6) is -0.676. The smallest absolute Gasteiger partial charge is 0.242 e. The van der Waals surface area contributed by atoms with Gasteiger partial charge < -0.3 is 10.2 Å². The Morgan fingerprint density at radius 3 is 2.31 bits per heavy atom. The zero-order valence-electron chi connectivity index (χ0n) is 15.2. The normalized spacial score (nSPS) is 11.7. The summed E-state index contributed by atoms with van der Waals surface area (Å²) in [4.78, 5) is 26.8. The van der Waals surface area contributed by atoms with E-state index in [1.54, 1.807) is 24.0 Å². The van der Waals surface area contributed by atoms with Gasteiger partial charge in [0.15, 0.2) is 0 Å². The standard InChI is InChI=1S/C21H25FN2O2/c1-3-13-23-21(26)16(2)24(15-18-7-5-4-6-8-18)20(25)14-17-9-11-19(22)12-10-17/h4-12,16H,3,13-15H2,1-2H3,(H,23,26). The van der Waals surface area contributed by atoms with Gasteiger partial charge in [0.05, 0.1) is 6.42 Å². The van der Waals surface area contributed by atoms with E-state index in [0.717, 1.165) is 17.5 Å². The Kier molecular flexibility index (Phi) is 7.33. The molecule has 0 aliphatic carbocycles. The molecule has 1 atom stereocenters. The highest BCUT2D eigenvalue weighted by Crippen LogP contribution is 2.13. The quantitative estimate of drug-likeness (QED) is 0.789. The molecule has 0 aliphatic rings. The average Bonchev–Trinajstić information content (AvgIpc) is 2.66. The fraction of sp³-hybridized carbons (Fsp3) is 0.333. The Labute approximate surface area is 154 Å². The number of carbonyl (C=O) groups excluding carboxylic acids is 2. The molecule has 2 amide bonds. The summed E-state index contributed by atoms with van der Waals surface area (Å²) in [7, 11) is 0. The number of nitrogens with zero attached hydrogens (tertiary/aromatic N) is 1. The van der Waals surface area contributed by atoms with E-state index in [9.17, 15) is 14.0 Å². The van der Waals surface area contributed by atoms with Crippen LogP contribution >= 0.6 is 0 Å². The first-order chi connectivity index (χ1) is 12.5. The molecule has 1 unspecified atom stereocenters. The number of amides is 2. The van der Waals surface area contributed by atoms with Crippen molar-refractivity contribution in [3.63, 3.8) is 0 Å². The zero-order valence-corrected chi connectivity index (χ0v) is 15.2. The topological polar surface area (TPSA) is 49.4 Å². The number of rotatable bonds is 8. The van der Waals surface area contributed by atoms with Gasteiger partial charge in [0, 0.05) is 13.1 Å². The molecule has 0 radical (unpaired) electrons. The van der Waals surface area contributed by atoms with E-state index in [4.69, 9.17) is 0 Å². The van der Waals surface area contributed by atoms with Gasteiger partial charge in [0.25, 0.3) is 0 Å². The van der Waals surface area contributed by atoms with Crippen molar-refractivity contribution >= 4 is 11.8 Å². The van der Waals surface area contributed by atoms with Crippen LogP contribution in [0.1, 0.15) is 31.4 Å². The van der Waals surface area contributed by atoms with E-state index in [1.165, 1.54) is 12.1 Å². The molecular formula is C21H25FN2O2. The second-order valence-electron chi connectivity index (χ2n) is 6.28. The minimum Gasteiger partial charge on any atom is -0.354 e. The molecule has 138 valence electrons. The van der Waals surface area contributed by atoms with Crippen molar-refractivity contribution in [1.82, 2.24) is 10.2 Å². The Morgan fingerprint density at radius 2 is 1.69 bits per heavy atom. The van der Waals surface area contributed by atoms with Crippen molar-refractivity contribution in [1.29, 1.82) is 0 Å². The Bertz CT molecular complexity index is 717.